The lowest BCUT2D eigenvalue weighted by Crippen LogP contribution is -2.17. The molecule has 0 fully saturated rings. The van der Waals surface area contributed by atoms with Crippen LogP contribution in [0.3, 0.4) is 0 Å². The lowest BCUT2D eigenvalue weighted by atomic mass is 10.0. The summed E-state index contributed by atoms with van der Waals surface area (Å²) in [7, 11) is 0. The maximum atomic E-state index is 12.3. The van der Waals surface area contributed by atoms with Gasteiger partial charge in [0, 0.05) is 18.2 Å². The van der Waals surface area contributed by atoms with Gasteiger partial charge in [0.25, 0.3) is 0 Å². The van der Waals surface area contributed by atoms with Gasteiger partial charge in [-0.25, -0.2) is 5.01 Å². The number of carbonyl (C=O) groups excluding carboxylic acids is 1. The highest BCUT2D eigenvalue weighted by molar-refractivity contribution is 14.1. The van der Waals surface area contributed by atoms with Crippen LogP contribution >= 0.6 is 22.6 Å². The van der Waals surface area contributed by atoms with E-state index in [1.54, 1.807) is 6.21 Å². The fraction of sp³-hybridized carbons (Fsp3) is 0.467. The molecule has 0 saturated heterocycles. The average molecular weight is 370 g/mol. The molecule has 4 heteroatoms. The van der Waals surface area contributed by atoms with E-state index < -0.39 is 0 Å². The number of nitrogens with zero attached hydrogens (tertiary/aromatic N) is 2. The molecule has 2 aliphatic heterocycles. The molecule has 0 bridgehead atoms. The summed E-state index contributed by atoms with van der Waals surface area (Å²) in [6, 6.07) is 0. The highest BCUT2D eigenvalue weighted by Gasteiger charge is 2.24. The molecular formula is C15H19IN2O. The van der Waals surface area contributed by atoms with Crippen molar-refractivity contribution >= 4 is 34.6 Å². The van der Waals surface area contributed by atoms with Crippen LogP contribution in [0.5, 0.6) is 0 Å². The Labute approximate surface area is 128 Å². The molecule has 0 amide bonds. The lowest BCUT2D eigenvalue weighted by Gasteiger charge is -2.23. The number of unbranched alkanes of at least 4 members (excludes halogenated alkanes) is 1. The number of carbonyl (C=O) groups is 1. The normalized spacial score (nSPS) is 18.8. The molecule has 2 heterocycles. The Morgan fingerprint density at radius 3 is 3.00 bits per heavy atom. The van der Waals surface area contributed by atoms with Crippen molar-refractivity contribution in [3.05, 3.63) is 32.7 Å². The number of Topliss-reactive ketones (excluding diaryl/α,β-unsaturated/α-hetero) is 1. The molecule has 0 atom stereocenters. The second-order valence-corrected chi connectivity index (χ2v) is 5.92. The number of hydrazone groups is 1. The molecule has 0 aromatic carbocycles. The molecule has 0 aromatic rings. The van der Waals surface area contributed by atoms with E-state index in [4.69, 9.17) is 0 Å². The second-order valence-electron chi connectivity index (χ2n) is 4.90. The van der Waals surface area contributed by atoms with Crippen LogP contribution < -0.4 is 0 Å². The van der Waals surface area contributed by atoms with Crippen LogP contribution in [-0.4, -0.2) is 17.0 Å². The van der Waals surface area contributed by atoms with Crippen LogP contribution in [0.2, 0.25) is 0 Å². The number of allylic oxidation sites excluding steroid dienone is 4. The van der Waals surface area contributed by atoms with Crippen molar-refractivity contribution in [2.75, 3.05) is 0 Å². The number of hydrogen-bond donors (Lipinski definition) is 0. The van der Waals surface area contributed by atoms with Crippen LogP contribution in [0.15, 0.2) is 37.8 Å². The fourth-order valence-electron chi connectivity index (χ4n) is 2.27. The Morgan fingerprint density at radius 2 is 2.26 bits per heavy atom. The minimum absolute atomic E-state index is 0.282. The largest absolute Gasteiger partial charge is 0.294 e. The van der Waals surface area contributed by atoms with Gasteiger partial charge < -0.3 is 0 Å². The summed E-state index contributed by atoms with van der Waals surface area (Å²) < 4.78 is 0.964. The van der Waals surface area contributed by atoms with E-state index in [0.717, 1.165) is 40.7 Å². The van der Waals surface area contributed by atoms with Crippen molar-refractivity contribution in [1.82, 2.24) is 5.01 Å². The van der Waals surface area contributed by atoms with Crippen molar-refractivity contribution in [3.63, 3.8) is 0 Å². The molecule has 0 aliphatic carbocycles. The monoisotopic (exact) mass is 370 g/mol. The predicted octanol–water partition coefficient (Wildman–Crippen LogP) is 4.32. The number of fused-ring (bicyclic) bond motifs is 1. The van der Waals surface area contributed by atoms with Gasteiger partial charge in [0.15, 0.2) is 5.78 Å². The van der Waals surface area contributed by atoms with Gasteiger partial charge in [0.2, 0.25) is 0 Å². The average Bonchev–Trinajstić information content (AvgIpc) is 2.56. The van der Waals surface area contributed by atoms with E-state index in [1.165, 1.54) is 5.57 Å². The number of halogens is 1. The first-order valence-corrected chi connectivity index (χ1v) is 7.85. The first-order valence-electron chi connectivity index (χ1n) is 6.77. The molecule has 0 saturated carbocycles. The highest BCUT2D eigenvalue weighted by Crippen LogP contribution is 2.35. The maximum Gasteiger partial charge on any atom is 0.161 e. The van der Waals surface area contributed by atoms with Gasteiger partial charge >= 0.3 is 0 Å². The molecule has 2 aliphatic rings. The van der Waals surface area contributed by atoms with E-state index in [2.05, 4.69) is 47.6 Å². The summed E-state index contributed by atoms with van der Waals surface area (Å²) >= 11 is 2.26. The molecule has 0 spiro atoms. The van der Waals surface area contributed by atoms with E-state index >= 15 is 0 Å². The minimum Gasteiger partial charge on any atom is -0.294 e. The first-order chi connectivity index (χ1) is 9.15. The molecule has 0 aromatic heterocycles. The Morgan fingerprint density at radius 1 is 1.47 bits per heavy atom. The molecule has 0 N–H and O–H groups in total. The molecule has 102 valence electrons. The van der Waals surface area contributed by atoms with Gasteiger partial charge in [-0.05, 0) is 66.5 Å². The van der Waals surface area contributed by atoms with Gasteiger partial charge in [0.1, 0.15) is 3.70 Å². The smallest absolute Gasteiger partial charge is 0.161 e. The quantitative estimate of drug-likeness (QED) is 0.546. The van der Waals surface area contributed by atoms with Gasteiger partial charge in [-0.15, -0.1) is 0 Å². The number of rotatable bonds is 4. The summed E-state index contributed by atoms with van der Waals surface area (Å²) in [6.45, 7) is 4.24. The zero-order valence-corrected chi connectivity index (χ0v) is 13.6. The van der Waals surface area contributed by atoms with Crippen molar-refractivity contribution in [2.24, 2.45) is 5.10 Å². The third-order valence-electron chi connectivity index (χ3n) is 3.47. The van der Waals surface area contributed by atoms with E-state index in [0.29, 0.717) is 6.42 Å². The fourth-order valence-corrected chi connectivity index (χ4v) is 3.22. The van der Waals surface area contributed by atoms with Gasteiger partial charge in [-0.3, -0.25) is 4.79 Å². The molecule has 3 nitrogen and oxygen atoms in total. The van der Waals surface area contributed by atoms with Crippen LogP contribution in [0, 0.1) is 0 Å². The zero-order chi connectivity index (χ0) is 13.8. The van der Waals surface area contributed by atoms with Crippen molar-refractivity contribution in [2.45, 2.75) is 46.0 Å². The third-order valence-corrected chi connectivity index (χ3v) is 4.57. The molecule has 0 radical (unpaired) electrons. The standard InChI is InChI=1S/C15H19IN2O/c1-3-4-7-14(19)12-9-8-11(2)13-6-5-10-17-18(13)15(12)16/h5-6,10H,3-4,7-9H2,1-2H3. The lowest BCUT2D eigenvalue weighted by molar-refractivity contribution is -0.115. The molecular weight excluding hydrogens is 351 g/mol. The van der Waals surface area contributed by atoms with Crippen molar-refractivity contribution in [1.29, 1.82) is 0 Å². The Hall–Kier alpha value is -0.910. The highest BCUT2D eigenvalue weighted by atomic mass is 127. The summed E-state index contributed by atoms with van der Waals surface area (Å²) in [5, 5.41) is 6.31. The molecule has 0 unspecified atom stereocenters. The SMILES string of the molecule is CCCCC(=O)C1=C(I)N2N=CC=CC2=C(C)CC1. The summed E-state index contributed by atoms with van der Waals surface area (Å²) in [6.07, 6.45) is 10.2. The van der Waals surface area contributed by atoms with Gasteiger partial charge in [0.05, 0.1) is 5.70 Å². The minimum atomic E-state index is 0.282. The summed E-state index contributed by atoms with van der Waals surface area (Å²) in [4.78, 5) is 12.3. The number of ketones is 1. The topological polar surface area (TPSA) is 32.7 Å². The van der Waals surface area contributed by atoms with Crippen LogP contribution in [0.25, 0.3) is 0 Å². The number of hydrogen-bond acceptors (Lipinski definition) is 3. The van der Waals surface area contributed by atoms with Crippen LogP contribution in [-0.2, 0) is 4.79 Å². The van der Waals surface area contributed by atoms with Crippen molar-refractivity contribution in [3.8, 4) is 0 Å². The van der Waals surface area contributed by atoms with Gasteiger partial charge in [-0.1, -0.05) is 13.3 Å². The summed E-state index contributed by atoms with van der Waals surface area (Å²) in [5.74, 6) is 0.282. The van der Waals surface area contributed by atoms with E-state index in [9.17, 15) is 4.79 Å². The van der Waals surface area contributed by atoms with E-state index in [1.807, 2.05) is 11.1 Å². The van der Waals surface area contributed by atoms with Crippen molar-refractivity contribution < 1.29 is 4.79 Å². The van der Waals surface area contributed by atoms with Crippen LogP contribution in [0.1, 0.15) is 46.0 Å². The predicted molar refractivity (Wildman–Crippen MR) is 87.0 cm³/mol. The Kier molecular flexibility index (Phi) is 4.96. The molecule has 19 heavy (non-hydrogen) atoms. The Bertz CT molecular complexity index is 500. The maximum absolute atomic E-state index is 12.3. The Balaban J connectivity index is 2.30. The first kappa shape index (κ1) is 14.5. The van der Waals surface area contributed by atoms with Gasteiger partial charge in [-0.2, -0.15) is 5.10 Å². The molecule has 2 rings (SSSR count). The third kappa shape index (κ3) is 3.16. The second kappa shape index (κ2) is 6.50. The summed E-state index contributed by atoms with van der Waals surface area (Å²) in [5.41, 5.74) is 3.35. The van der Waals surface area contributed by atoms with E-state index in [-0.39, 0.29) is 5.78 Å². The van der Waals surface area contributed by atoms with Crippen LogP contribution in [0.4, 0.5) is 0 Å². The zero-order valence-electron chi connectivity index (χ0n) is 11.4.